The number of likely N-dealkylation sites (tertiary alicyclic amines) is 1. The van der Waals surface area contributed by atoms with E-state index in [4.69, 9.17) is 0 Å². The first-order chi connectivity index (χ1) is 12.7. The third-order valence-corrected chi connectivity index (χ3v) is 5.12. The fraction of sp³-hybridized carbons (Fsp3) is 0.500. The molecule has 1 aliphatic rings. The highest BCUT2D eigenvalue weighted by Crippen LogP contribution is 2.32. The summed E-state index contributed by atoms with van der Waals surface area (Å²) in [5.74, 6) is 0.338. The molecule has 6 nitrogen and oxygen atoms in total. The average Bonchev–Trinajstić information content (AvgIpc) is 3.10. The summed E-state index contributed by atoms with van der Waals surface area (Å²) in [6.07, 6.45) is 5.22. The number of ether oxygens (including phenoxy) is 1. The van der Waals surface area contributed by atoms with Gasteiger partial charge in [0.25, 0.3) is 0 Å². The zero-order valence-electron chi connectivity index (χ0n) is 15.3. The largest absolute Gasteiger partial charge is 0.469 e. The molecule has 1 aromatic heterocycles. The second kappa shape index (κ2) is 8.85. The van der Waals surface area contributed by atoms with Crippen LogP contribution in [0.15, 0.2) is 30.5 Å². The molecule has 2 aromatic rings. The maximum absolute atomic E-state index is 12.0. The zero-order valence-corrected chi connectivity index (χ0v) is 15.3. The van der Waals surface area contributed by atoms with Gasteiger partial charge in [-0.2, -0.15) is 0 Å². The fourth-order valence-electron chi connectivity index (χ4n) is 3.66. The van der Waals surface area contributed by atoms with Crippen molar-refractivity contribution in [1.82, 2.24) is 15.2 Å². The number of esters is 1. The Morgan fingerprint density at radius 3 is 2.81 bits per heavy atom. The summed E-state index contributed by atoms with van der Waals surface area (Å²) in [6, 6.07) is 8.42. The highest BCUT2D eigenvalue weighted by Gasteiger charge is 2.23. The van der Waals surface area contributed by atoms with Crippen LogP contribution < -0.4 is 5.32 Å². The molecule has 1 amide bonds. The number of benzene rings is 1. The number of carbonyl (C=O) groups is 2. The average molecular weight is 357 g/mol. The van der Waals surface area contributed by atoms with Crippen LogP contribution in [0.5, 0.6) is 0 Å². The number of hydrogen-bond acceptors (Lipinski definition) is 4. The highest BCUT2D eigenvalue weighted by molar-refractivity contribution is 5.83. The second-order valence-electron chi connectivity index (χ2n) is 6.87. The fourth-order valence-corrected chi connectivity index (χ4v) is 3.66. The van der Waals surface area contributed by atoms with E-state index >= 15 is 0 Å². The minimum Gasteiger partial charge on any atom is -0.469 e. The van der Waals surface area contributed by atoms with Gasteiger partial charge < -0.3 is 15.0 Å². The van der Waals surface area contributed by atoms with Crippen molar-refractivity contribution in [2.45, 2.75) is 31.6 Å². The Bertz CT molecular complexity index is 748. The maximum atomic E-state index is 12.0. The summed E-state index contributed by atoms with van der Waals surface area (Å²) in [5.41, 5.74) is 2.59. The summed E-state index contributed by atoms with van der Waals surface area (Å²) in [5, 5.41) is 4.19. The number of nitrogens with one attached hydrogen (secondary N) is 2. The first-order valence-electron chi connectivity index (χ1n) is 9.29. The molecular formula is C20H27N3O3. The van der Waals surface area contributed by atoms with E-state index < -0.39 is 0 Å². The Morgan fingerprint density at radius 1 is 1.27 bits per heavy atom. The quantitative estimate of drug-likeness (QED) is 0.589. The molecule has 140 valence electrons. The van der Waals surface area contributed by atoms with Crippen molar-refractivity contribution in [2.75, 3.05) is 33.3 Å². The lowest BCUT2D eigenvalue weighted by atomic mass is 9.89. The van der Waals surface area contributed by atoms with Crippen LogP contribution in [0.1, 0.15) is 37.2 Å². The van der Waals surface area contributed by atoms with Crippen LogP contribution >= 0.6 is 0 Å². The van der Waals surface area contributed by atoms with Crippen molar-refractivity contribution < 1.29 is 14.3 Å². The number of amides is 1. The molecule has 3 rings (SSSR count). The standard InChI is InChI=1S/C20H27N3O3/c1-26-20(25)7-4-10-21-19(24)14-23-11-8-15(9-12-23)17-13-22-18-6-3-2-5-16(17)18/h2-3,5-6,13,15,22H,4,7-12,14H2,1H3,(H,21,24). The molecular weight excluding hydrogens is 330 g/mol. The smallest absolute Gasteiger partial charge is 0.305 e. The third kappa shape index (κ3) is 4.64. The van der Waals surface area contributed by atoms with Gasteiger partial charge in [0.2, 0.25) is 5.91 Å². The van der Waals surface area contributed by atoms with E-state index in [-0.39, 0.29) is 11.9 Å². The van der Waals surface area contributed by atoms with Crippen molar-refractivity contribution >= 4 is 22.8 Å². The van der Waals surface area contributed by atoms with Gasteiger partial charge in [-0.3, -0.25) is 14.5 Å². The van der Waals surface area contributed by atoms with E-state index in [0.717, 1.165) is 25.9 Å². The number of aromatic nitrogens is 1. The molecule has 0 bridgehead atoms. The third-order valence-electron chi connectivity index (χ3n) is 5.12. The van der Waals surface area contributed by atoms with Crippen LogP contribution in [-0.4, -0.2) is 55.0 Å². The zero-order chi connectivity index (χ0) is 18.4. The Morgan fingerprint density at radius 2 is 2.04 bits per heavy atom. The summed E-state index contributed by atoms with van der Waals surface area (Å²) < 4.78 is 4.58. The number of fused-ring (bicyclic) bond motifs is 1. The maximum Gasteiger partial charge on any atom is 0.305 e. The number of hydrogen-bond donors (Lipinski definition) is 2. The summed E-state index contributed by atoms with van der Waals surface area (Å²) in [6.45, 7) is 2.80. The molecule has 0 atom stereocenters. The van der Waals surface area contributed by atoms with Crippen LogP contribution in [-0.2, 0) is 14.3 Å². The first kappa shape index (κ1) is 18.5. The molecule has 6 heteroatoms. The van der Waals surface area contributed by atoms with E-state index in [9.17, 15) is 9.59 Å². The molecule has 0 saturated carbocycles. The van der Waals surface area contributed by atoms with Crippen LogP contribution in [0, 0.1) is 0 Å². The van der Waals surface area contributed by atoms with Gasteiger partial charge in [-0.15, -0.1) is 0 Å². The summed E-state index contributed by atoms with van der Waals surface area (Å²) in [7, 11) is 1.38. The number of piperidine rings is 1. The number of H-pyrrole nitrogens is 1. The van der Waals surface area contributed by atoms with Gasteiger partial charge in [-0.1, -0.05) is 18.2 Å². The molecule has 0 unspecified atom stereocenters. The first-order valence-corrected chi connectivity index (χ1v) is 9.29. The molecule has 2 N–H and O–H groups in total. The topological polar surface area (TPSA) is 74.4 Å². The Labute approximate surface area is 153 Å². The summed E-state index contributed by atoms with van der Waals surface area (Å²) >= 11 is 0. The lowest BCUT2D eigenvalue weighted by Gasteiger charge is -2.31. The van der Waals surface area contributed by atoms with Crippen molar-refractivity contribution in [1.29, 1.82) is 0 Å². The van der Waals surface area contributed by atoms with Gasteiger partial charge in [0.1, 0.15) is 0 Å². The number of methoxy groups -OCH3 is 1. The predicted molar refractivity (Wildman–Crippen MR) is 101 cm³/mol. The minimum absolute atomic E-state index is 0.0282. The van der Waals surface area contributed by atoms with Gasteiger partial charge in [0, 0.05) is 30.1 Å². The lowest BCUT2D eigenvalue weighted by Crippen LogP contribution is -2.41. The van der Waals surface area contributed by atoms with Crippen molar-refractivity contribution in [3.8, 4) is 0 Å². The van der Waals surface area contributed by atoms with Crippen molar-refractivity contribution in [3.05, 3.63) is 36.0 Å². The molecule has 0 radical (unpaired) electrons. The van der Waals surface area contributed by atoms with Crippen molar-refractivity contribution in [2.24, 2.45) is 0 Å². The van der Waals surface area contributed by atoms with Gasteiger partial charge >= 0.3 is 5.97 Å². The van der Waals surface area contributed by atoms with Gasteiger partial charge in [-0.25, -0.2) is 0 Å². The van der Waals surface area contributed by atoms with Crippen LogP contribution in [0.25, 0.3) is 10.9 Å². The van der Waals surface area contributed by atoms with Crippen LogP contribution in [0.4, 0.5) is 0 Å². The monoisotopic (exact) mass is 357 g/mol. The lowest BCUT2D eigenvalue weighted by molar-refractivity contribution is -0.140. The minimum atomic E-state index is -0.237. The Hall–Kier alpha value is -2.34. The molecule has 1 fully saturated rings. The number of nitrogens with zero attached hydrogens (tertiary/aromatic N) is 1. The number of aromatic amines is 1. The molecule has 0 aliphatic carbocycles. The van der Waals surface area contributed by atoms with E-state index in [1.807, 2.05) is 0 Å². The molecule has 2 heterocycles. The van der Waals surface area contributed by atoms with Gasteiger partial charge in [0.05, 0.1) is 13.7 Å². The molecule has 0 spiro atoms. The van der Waals surface area contributed by atoms with Crippen LogP contribution in [0.3, 0.4) is 0 Å². The predicted octanol–water partition coefficient (Wildman–Crippen LogP) is 2.42. The normalized spacial score (nSPS) is 15.9. The van der Waals surface area contributed by atoms with Crippen LogP contribution in [0.2, 0.25) is 0 Å². The summed E-state index contributed by atoms with van der Waals surface area (Å²) in [4.78, 5) is 28.6. The molecule has 1 saturated heterocycles. The SMILES string of the molecule is COC(=O)CCCNC(=O)CN1CCC(c2c[nH]c3ccccc23)CC1. The Balaban J connectivity index is 1.41. The highest BCUT2D eigenvalue weighted by atomic mass is 16.5. The number of para-hydroxylation sites is 1. The molecule has 1 aliphatic heterocycles. The van der Waals surface area contributed by atoms with E-state index in [1.165, 1.54) is 23.6 Å². The van der Waals surface area contributed by atoms with E-state index in [0.29, 0.717) is 31.8 Å². The van der Waals surface area contributed by atoms with Gasteiger partial charge in [0.15, 0.2) is 0 Å². The number of carbonyl (C=O) groups excluding carboxylic acids is 2. The molecule has 1 aromatic carbocycles. The van der Waals surface area contributed by atoms with Gasteiger partial charge in [-0.05, 0) is 49.9 Å². The van der Waals surface area contributed by atoms with E-state index in [1.54, 1.807) is 0 Å². The second-order valence-corrected chi connectivity index (χ2v) is 6.87. The van der Waals surface area contributed by atoms with Crippen molar-refractivity contribution in [3.63, 3.8) is 0 Å². The number of rotatable bonds is 7. The Kier molecular flexibility index (Phi) is 6.28. The van der Waals surface area contributed by atoms with E-state index in [2.05, 4.69) is 50.4 Å². The molecule has 26 heavy (non-hydrogen) atoms.